The molecule has 2 atom stereocenters. The van der Waals surface area contributed by atoms with Crippen LogP contribution in [0.25, 0.3) is 0 Å². The summed E-state index contributed by atoms with van der Waals surface area (Å²) in [5.74, 6) is -1.78. The average molecular weight is 174 g/mol. The molecule has 0 spiro atoms. The van der Waals surface area contributed by atoms with Gasteiger partial charge in [-0.25, -0.2) is 4.79 Å². The van der Waals surface area contributed by atoms with Crippen LogP contribution in [0.2, 0.25) is 0 Å². The van der Waals surface area contributed by atoms with Crippen LogP contribution in [0.1, 0.15) is 27.2 Å². The fourth-order valence-corrected chi connectivity index (χ4v) is 0.803. The van der Waals surface area contributed by atoms with E-state index in [1.54, 1.807) is 6.92 Å². The Morgan fingerprint density at radius 1 is 1.50 bits per heavy atom. The zero-order valence-electron chi connectivity index (χ0n) is 7.53. The number of rotatable bonds is 4. The van der Waals surface area contributed by atoms with E-state index in [1.165, 1.54) is 6.92 Å². The molecule has 0 aromatic rings. The maximum absolute atomic E-state index is 10.6. The molecule has 70 valence electrons. The van der Waals surface area contributed by atoms with Crippen LogP contribution in [-0.2, 0) is 14.3 Å². The van der Waals surface area contributed by atoms with Gasteiger partial charge in [-0.2, -0.15) is 0 Å². The molecular weight excluding hydrogens is 160 g/mol. The summed E-state index contributed by atoms with van der Waals surface area (Å²) in [6.07, 6.45) is -0.336. The highest BCUT2D eigenvalue weighted by molar-refractivity contribution is 5.77. The molecule has 4 heteroatoms. The van der Waals surface area contributed by atoms with Crippen LogP contribution in [0.5, 0.6) is 0 Å². The minimum absolute atomic E-state index is 0.147. The summed E-state index contributed by atoms with van der Waals surface area (Å²) in [5, 5.41) is 8.65. The van der Waals surface area contributed by atoms with Gasteiger partial charge in [0.2, 0.25) is 6.10 Å². The SMILES string of the molecule is CCC(C)C(OC(C)=O)C(=O)O. The van der Waals surface area contributed by atoms with Gasteiger partial charge in [0.05, 0.1) is 0 Å². The molecular formula is C8H14O4. The molecule has 0 aliphatic carbocycles. The molecule has 0 aromatic carbocycles. The number of carboxylic acids is 1. The van der Waals surface area contributed by atoms with E-state index < -0.39 is 18.0 Å². The molecule has 0 amide bonds. The Balaban J connectivity index is 4.22. The molecule has 0 bridgehead atoms. The third-order valence-corrected chi connectivity index (χ3v) is 1.70. The largest absolute Gasteiger partial charge is 0.478 e. The van der Waals surface area contributed by atoms with E-state index in [-0.39, 0.29) is 5.92 Å². The van der Waals surface area contributed by atoms with Crippen molar-refractivity contribution in [3.63, 3.8) is 0 Å². The molecule has 0 heterocycles. The standard InChI is InChI=1S/C8H14O4/c1-4-5(2)7(8(10)11)12-6(3)9/h5,7H,4H2,1-3H3,(H,10,11). The van der Waals surface area contributed by atoms with E-state index in [0.29, 0.717) is 6.42 Å². The number of ether oxygens (including phenoxy) is 1. The van der Waals surface area contributed by atoms with Gasteiger partial charge in [0.15, 0.2) is 0 Å². The van der Waals surface area contributed by atoms with Gasteiger partial charge < -0.3 is 9.84 Å². The van der Waals surface area contributed by atoms with Crippen LogP contribution in [0.3, 0.4) is 0 Å². The smallest absolute Gasteiger partial charge is 0.345 e. The normalized spacial score (nSPS) is 14.9. The van der Waals surface area contributed by atoms with Crippen LogP contribution in [0.4, 0.5) is 0 Å². The first-order chi connectivity index (χ1) is 5.49. The van der Waals surface area contributed by atoms with Crippen molar-refractivity contribution in [1.82, 2.24) is 0 Å². The highest BCUT2D eigenvalue weighted by atomic mass is 16.6. The second-order valence-corrected chi connectivity index (χ2v) is 2.75. The van der Waals surface area contributed by atoms with Gasteiger partial charge in [-0.1, -0.05) is 13.8 Å². The quantitative estimate of drug-likeness (QED) is 0.647. The van der Waals surface area contributed by atoms with Gasteiger partial charge in [-0.05, 0) is 6.42 Å². The van der Waals surface area contributed by atoms with Crippen molar-refractivity contribution in [1.29, 1.82) is 0 Å². The van der Waals surface area contributed by atoms with Crippen molar-refractivity contribution >= 4 is 11.9 Å². The maximum atomic E-state index is 10.6. The molecule has 0 rings (SSSR count). The summed E-state index contributed by atoms with van der Waals surface area (Å²) >= 11 is 0. The van der Waals surface area contributed by atoms with E-state index in [0.717, 1.165) is 0 Å². The number of hydrogen-bond acceptors (Lipinski definition) is 3. The van der Waals surface area contributed by atoms with Gasteiger partial charge in [0.1, 0.15) is 0 Å². The number of carboxylic acid groups (broad SMARTS) is 1. The number of esters is 1. The Bertz CT molecular complexity index is 176. The highest BCUT2D eigenvalue weighted by Gasteiger charge is 2.26. The fraction of sp³-hybridized carbons (Fsp3) is 0.750. The molecule has 0 aliphatic heterocycles. The lowest BCUT2D eigenvalue weighted by Gasteiger charge is -2.17. The summed E-state index contributed by atoms with van der Waals surface area (Å²) in [6, 6.07) is 0. The molecule has 4 nitrogen and oxygen atoms in total. The summed E-state index contributed by atoms with van der Waals surface area (Å²) in [6.45, 7) is 4.80. The zero-order chi connectivity index (χ0) is 9.72. The zero-order valence-corrected chi connectivity index (χ0v) is 7.53. The number of carbonyl (C=O) groups excluding carboxylic acids is 1. The lowest BCUT2D eigenvalue weighted by molar-refractivity contribution is -0.166. The van der Waals surface area contributed by atoms with Crippen molar-refractivity contribution < 1.29 is 19.4 Å². The second-order valence-electron chi connectivity index (χ2n) is 2.75. The van der Waals surface area contributed by atoms with Crippen molar-refractivity contribution in [2.75, 3.05) is 0 Å². The minimum atomic E-state index is -1.08. The van der Waals surface area contributed by atoms with E-state index >= 15 is 0 Å². The van der Waals surface area contributed by atoms with Crippen LogP contribution in [-0.4, -0.2) is 23.1 Å². The van der Waals surface area contributed by atoms with Gasteiger partial charge in [-0.15, -0.1) is 0 Å². The summed E-state index contributed by atoms with van der Waals surface area (Å²) in [7, 11) is 0. The third-order valence-electron chi connectivity index (χ3n) is 1.70. The lowest BCUT2D eigenvalue weighted by atomic mass is 10.0. The number of carbonyl (C=O) groups is 2. The third kappa shape index (κ3) is 3.37. The Hall–Kier alpha value is -1.06. The molecule has 0 aliphatic rings. The Kier molecular flexibility index (Phi) is 4.33. The lowest BCUT2D eigenvalue weighted by Crippen LogP contribution is -2.32. The Morgan fingerprint density at radius 3 is 2.25 bits per heavy atom. The molecule has 12 heavy (non-hydrogen) atoms. The Morgan fingerprint density at radius 2 is 2.00 bits per heavy atom. The van der Waals surface area contributed by atoms with Crippen LogP contribution >= 0.6 is 0 Å². The summed E-state index contributed by atoms with van der Waals surface area (Å²) in [5.41, 5.74) is 0. The van der Waals surface area contributed by atoms with Crippen LogP contribution in [0, 0.1) is 5.92 Å². The van der Waals surface area contributed by atoms with Crippen LogP contribution < -0.4 is 0 Å². The van der Waals surface area contributed by atoms with Crippen molar-refractivity contribution in [3.8, 4) is 0 Å². The van der Waals surface area contributed by atoms with Crippen molar-refractivity contribution in [3.05, 3.63) is 0 Å². The molecule has 0 radical (unpaired) electrons. The van der Waals surface area contributed by atoms with Gasteiger partial charge in [0, 0.05) is 12.8 Å². The van der Waals surface area contributed by atoms with E-state index in [9.17, 15) is 9.59 Å². The molecule has 0 fully saturated rings. The first kappa shape index (κ1) is 10.9. The monoisotopic (exact) mass is 174 g/mol. The van der Waals surface area contributed by atoms with Crippen molar-refractivity contribution in [2.45, 2.75) is 33.3 Å². The first-order valence-electron chi connectivity index (χ1n) is 3.89. The van der Waals surface area contributed by atoms with E-state index in [2.05, 4.69) is 4.74 Å². The van der Waals surface area contributed by atoms with Gasteiger partial charge in [-0.3, -0.25) is 4.79 Å². The molecule has 0 saturated heterocycles. The first-order valence-corrected chi connectivity index (χ1v) is 3.89. The van der Waals surface area contributed by atoms with Crippen LogP contribution in [0.15, 0.2) is 0 Å². The summed E-state index contributed by atoms with van der Waals surface area (Å²) < 4.78 is 4.63. The predicted molar refractivity (Wildman–Crippen MR) is 42.6 cm³/mol. The number of hydrogen-bond donors (Lipinski definition) is 1. The van der Waals surface area contributed by atoms with Crippen molar-refractivity contribution in [2.24, 2.45) is 5.92 Å². The average Bonchev–Trinajstić information content (AvgIpc) is 1.98. The summed E-state index contributed by atoms with van der Waals surface area (Å²) in [4.78, 5) is 21.1. The molecule has 1 N–H and O–H groups in total. The molecule has 0 aromatic heterocycles. The molecule has 0 saturated carbocycles. The minimum Gasteiger partial charge on any atom is -0.478 e. The van der Waals surface area contributed by atoms with Gasteiger partial charge >= 0.3 is 11.9 Å². The number of aliphatic carboxylic acids is 1. The maximum Gasteiger partial charge on any atom is 0.345 e. The molecule has 2 unspecified atom stereocenters. The van der Waals surface area contributed by atoms with Gasteiger partial charge in [0.25, 0.3) is 0 Å². The topological polar surface area (TPSA) is 63.6 Å². The Labute approximate surface area is 71.5 Å². The second kappa shape index (κ2) is 4.74. The fourth-order valence-electron chi connectivity index (χ4n) is 0.803. The van der Waals surface area contributed by atoms with E-state index in [1.807, 2.05) is 6.92 Å². The highest BCUT2D eigenvalue weighted by Crippen LogP contribution is 2.11. The van der Waals surface area contributed by atoms with E-state index in [4.69, 9.17) is 5.11 Å². The predicted octanol–water partition coefficient (Wildman–Crippen LogP) is 1.05.